The molecule has 0 fully saturated rings. The van der Waals surface area contributed by atoms with Gasteiger partial charge in [0.15, 0.2) is 0 Å². The number of halogens is 3. The Kier molecular flexibility index (Phi) is 3.74. The van der Waals surface area contributed by atoms with E-state index in [2.05, 4.69) is 15.9 Å². The van der Waals surface area contributed by atoms with Gasteiger partial charge in [0.05, 0.1) is 5.02 Å². The van der Waals surface area contributed by atoms with Crippen molar-refractivity contribution in [2.75, 3.05) is 0 Å². The SMILES string of the molecule is Clc1cccc(Oc2ccc(Br)c(Cl)c2)c1. The minimum atomic E-state index is 0.611. The fraction of sp³-hybridized carbons (Fsp3) is 0. The number of benzene rings is 2. The van der Waals surface area contributed by atoms with E-state index < -0.39 is 0 Å². The first kappa shape index (κ1) is 11.8. The van der Waals surface area contributed by atoms with Crippen molar-refractivity contribution in [1.82, 2.24) is 0 Å². The number of hydrogen-bond donors (Lipinski definition) is 0. The summed E-state index contributed by atoms with van der Waals surface area (Å²) in [6, 6.07) is 12.6. The molecule has 0 saturated heterocycles. The van der Waals surface area contributed by atoms with Gasteiger partial charge < -0.3 is 4.74 Å². The van der Waals surface area contributed by atoms with Gasteiger partial charge in [-0.1, -0.05) is 29.3 Å². The molecule has 0 spiro atoms. The van der Waals surface area contributed by atoms with Crippen LogP contribution in [0.15, 0.2) is 46.9 Å². The van der Waals surface area contributed by atoms with Gasteiger partial charge in [0.25, 0.3) is 0 Å². The lowest BCUT2D eigenvalue weighted by Gasteiger charge is -2.06. The molecule has 0 aromatic heterocycles. The van der Waals surface area contributed by atoms with E-state index in [-0.39, 0.29) is 0 Å². The molecule has 0 aliphatic carbocycles. The third-order valence-corrected chi connectivity index (χ3v) is 3.39. The van der Waals surface area contributed by atoms with Crippen molar-refractivity contribution < 1.29 is 4.74 Å². The number of ether oxygens (including phenoxy) is 1. The molecule has 0 bridgehead atoms. The molecule has 0 N–H and O–H groups in total. The molecule has 0 unspecified atom stereocenters. The fourth-order valence-electron chi connectivity index (χ4n) is 1.21. The first-order chi connectivity index (χ1) is 7.65. The first-order valence-electron chi connectivity index (χ1n) is 4.53. The molecule has 16 heavy (non-hydrogen) atoms. The molecule has 2 rings (SSSR count). The highest BCUT2D eigenvalue weighted by atomic mass is 79.9. The highest BCUT2D eigenvalue weighted by Gasteiger charge is 2.01. The molecule has 0 aliphatic heterocycles. The van der Waals surface area contributed by atoms with Gasteiger partial charge in [-0.15, -0.1) is 0 Å². The Hall–Kier alpha value is -0.700. The van der Waals surface area contributed by atoms with Crippen molar-refractivity contribution in [1.29, 1.82) is 0 Å². The molecule has 0 atom stereocenters. The molecule has 0 radical (unpaired) electrons. The van der Waals surface area contributed by atoms with Gasteiger partial charge in [0.1, 0.15) is 11.5 Å². The van der Waals surface area contributed by atoms with E-state index in [1.54, 1.807) is 18.2 Å². The third kappa shape index (κ3) is 2.91. The lowest BCUT2D eigenvalue weighted by Crippen LogP contribution is -1.83. The van der Waals surface area contributed by atoms with E-state index >= 15 is 0 Å². The van der Waals surface area contributed by atoms with Gasteiger partial charge in [0.2, 0.25) is 0 Å². The topological polar surface area (TPSA) is 9.23 Å². The van der Waals surface area contributed by atoms with Gasteiger partial charge in [-0.3, -0.25) is 0 Å². The van der Waals surface area contributed by atoms with Crippen LogP contribution in [-0.2, 0) is 0 Å². The molecule has 2 aromatic rings. The zero-order valence-corrected chi connectivity index (χ0v) is 11.2. The Labute approximate surface area is 112 Å². The number of rotatable bonds is 2. The van der Waals surface area contributed by atoms with E-state index in [0.717, 1.165) is 4.47 Å². The third-order valence-electron chi connectivity index (χ3n) is 1.92. The smallest absolute Gasteiger partial charge is 0.128 e. The van der Waals surface area contributed by atoms with Crippen LogP contribution in [0.4, 0.5) is 0 Å². The summed E-state index contributed by atoms with van der Waals surface area (Å²) in [5.41, 5.74) is 0. The van der Waals surface area contributed by atoms with Gasteiger partial charge in [-0.05, 0) is 46.3 Å². The lowest BCUT2D eigenvalue weighted by molar-refractivity contribution is 0.482. The van der Waals surface area contributed by atoms with Crippen LogP contribution in [0.3, 0.4) is 0 Å². The fourth-order valence-corrected chi connectivity index (χ4v) is 1.80. The molecule has 1 nitrogen and oxygen atoms in total. The molecule has 0 saturated carbocycles. The van der Waals surface area contributed by atoms with E-state index in [1.165, 1.54) is 0 Å². The molecule has 0 aliphatic rings. The molecule has 0 amide bonds. The number of hydrogen-bond acceptors (Lipinski definition) is 1. The van der Waals surface area contributed by atoms with E-state index in [1.807, 2.05) is 24.3 Å². The molecule has 0 heterocycles. The molecule has 2 aromatic carbocycles. The van der Waals surface area contributed by atoms with Crippen molar-refractivity contribution in [3.05, 3.63) is 57.0 Å². The van der Waals surface area contributed by atoms with Crippen LogP contribution in [0.1, 0.15) is 0 Å². The Morgan fingerprint density at radius 2 is 1.69 bits per heavy atom. The van der Waals surface area contributed by atoms with Crippen LogP contribution in [0.5, 0.6) is 11.5 Å². The molecular formula is C12H7BrCl2O. The van der Waals surface area contributed by atoms with Crippen molar-refractivity contribution in [3.8, 4) is 11.5 Å². The Morgan fingerprint density at radius 1 is 0.938 bits per heavy atom. The van der Waals surface area contributed by atoms with Crippen molar-refractivity contribution in [2.24, 2.45) is 0 Å². The summed E-state index contributed by atoms with van der Waals surface area (Å²) in [6.07, 6.45) is 0. The summed E-state index contributed by atoms with van der Waals surface area (Å²) in [5, 5.41) is 1.25. The second-order valence-corrected chi connectivity index (χ2v) is 4.83. The van der Waals surface area contributed by atoms with Gasteiger partial charge in [-0.2, -0.15) is 0 Å². The van der Waals surface area contributed by atoms with E-state index in [9.17, 15) is 0 Å². The van der Waals surface area contributed by atoms with E-state index in [4.69, 9.17) is 27.9 Å². The van der Waals surface area contributed by atoms with Crippen molar-refractivity contribution in [2.45, 2.75) is 0 Å². The van der Waals surface area contributed by atoms with Crippen LogP contribution in [0.2, 0.25) is 10.0 Å². The standard InChI is InChI=1S/C12H7BrCl2O/c13-11-5-4-10(7-12(11)15)16-9-3-1-2-8(14)6-9/h1-7H. The predicted molar refractivity (Wildman–Crippen MR) is 70.7 cm³/mol. The molecule has 82 valence electrons. The van der Waals surface area contributed by atoms with E-state index in [0.29, 0.717) is 21.5 Å². The summed E-state index contributed by atoms with van der Waals surface area (Å²) >= 11 is 15.1. The summed E-state index contributed by atoms with van der Waals surface area (Å²) in [4.78, 5) is 0. The monoisotopic (exact) mass is 316 g/mol. The van der Waals surface area contributed by atoms with Crippen LogP contribution in [0, 0.1) is 0 Å². The predicted octanol–water partition coefficient (Wildman–Crippen LogP) is 5.55. The summed E-state index contributed by atoms with van der Waals surface area (Å²) in [7, 11) is 0. The summed E-state index contributed by atoms with van der Waals surface area (Å²) < 4.78 is 6.45. The van der Waals surface area contributed by atoms with Gasteiger partial charge in [0, 0.05) is 15.6 Å². The normalized spacial score (nSPS) is 10.2. The Bertz CT molecular complexity index is 514. The quantitative estimate of drug-likeness (QED) is 0.705. The average Bonchev–Trinajstić information content (AvgIpc) is 2.24. The second-order valence-electron chi connectivity index (χ2n) is 3.14. The minimum absolute atomic E-state index is 0.611. The second kappa shape index (κ2) is 5.09. The average molecular weight is 318 g/mol. The van der Waals surface area contributed by atoms with Crippen molar-refractivity contribution >= 4 is 39.1 Å². The van der Waals surface area contributed by atoms with Gasteiger partial charge in [-0.25, -0.2) is 0 Å². The molecule has 4 heteroatoms. The minimum Gasteiger partial charge on any atom is -0.457 e. The maximum absolute atomic E-state index is 5.96. The van der Waals surface area contributed by atoms with Crippen molar-refractivity contribution in [3.63, 3.8) is 0 Å². The van der Waals surface area contributed by atoms with Crippen LogP contribution < -0.4 is 4.74 Å². The zero-order valence-electron chi connectivity index (χ0n) is 8.08. The maximum Gasteiger partial charge on any atom is 0.128 e. The zero-order chi connectivity index (χ0) is 11.5. The highest BCUT2D eigenvalue weighted by molar-refractivity contribution is 9.10. The highest BCUT2D eigenvalue weighted by Crippen LogP contribution is 2.30. The lowest BCUT2D eigenvalue weighted by atomic mass is 10.3. The maximum atomic E-state index is 5.96. The van der Waals surface area contributed by atoms with Crippen LogP contribution in [-0.4, -0.2) is 0 Å². The summed E-state index contributed by atoms with van der Waals surface area (Å²) in [5.74, 6) is 1.36. The Morgan fingerprint density at radius 3 is 2.38 bits per heavy atom. The Balaban J connectivity index is 2.24. The van der Waals surface area contributed by atoms with Gasteiger partial charge >= 0.3 is 0 Å². The van der Waals surface area contributed by atoms with Crippen LogP contribution in [0.25, 0.3) is 0 Å². The molecular weight excluding hydrogens is 311 g/mol. The first-order valence-corrected chi connectivity index (χ1v) is 6.08. The summed E-state index contributed by atoms with van der Waals surface area (Å²) in [6.45, 7) is 0. The largest absolute Gasteiger partial charge is 0.457 e. The van der Waals surface area contributed by atoms with Crippen LogP contribution >= 0.6 is 39.1 Å².